The van der Waals surface area contributed by atoms with Gasteiger partial charge in [-0.1, -0.05) is 45.4 Å². The highest BCUT2D eigenvalue weighted by Crippen LogP contribution is 2.31. The maximum Gasteiger partial charge on any atom is 0.260 e. The number of carbonyl (C=O) groups is 1. The summed E-state index contributed by atoms with van der Waals surface area (Å²) < 4.78 is 0. The average molecular weight is 460 g/mol. The number of nitrogens with one attached hydrogen (secondary N) is 1. The molecular formula is C24H34ClN5O2. The van der Waals surface area contributed by atoms with Crippen molar-refractivity contribution < 1.29 is 4.79 Å². The quantitative estimate of drug-likeness (QED) is 0.532. The topological polar surface area (TPSA) is 94.8 Å². The van der Waals surface area contributed by atoms with Gasteiger partial charge in [0.1, 0.15) is 11.4 Å². The largest absolute Gasteiger partial charge is 0.383 e. The number of benzene rings is 1. The zero-order valence-electron chi connectivity index (χ0n) is 19.6. The molecule has 0 bridgehead atoms. The molecule has 1 aromatic heterocycles. The van der Waals surface area contributed by atoms with E-state index in [1.54, 1.807) is 12.1 Å². The first-order chi connectivity index (χ1) is 15.4. The fourth-order valence-corrected chi connectivity index (χ4v) is 4.12. The van der Waals surface area contributed by atoms with Crippen LogP contribution in [0.15, 0.2) is 40.2 Å². The first-order valence-corrected chi connectivity index (χ1v) is 11.7. The molecule has 0 spiro atoms. The summed E-state index contributed by atoms with van der Waals surface area (Å²) in [5, 5.41) is 0.232. The number of H-pyrrole nitrogens is 1. The molecule has 174 valence electrons. The van der Waals surface area contributed by atoms with Gasteiger partial charge in [0.2, 0.25) is 0 Å². The summed E-state index contributed by atoms with van der Waals surface area (Å²) in [4.78, 5) is 36.1. The van der Waals surface area contributed by atoms with E-state index in [9.17, 15) is 9.59 Å². The molecule has 1 amide bonds. The predicted octanol–water partition coefficient (Wildman–Crippen LogP) is 4.17. The molecule has 8 heteroatoms. The van der Waals surface area contributed by atoms with Gasteiger partial charge in [0.25, 0.3) is 11.5 Å². The predicted molar refractivity (Wildman–Crippen MR) is 132 cm³/mol. The van der Waals surface area contributed by atoms with Crippen molar-refractivity contribution in [1.29, 1.82) is 0 Å². The number of rotatable bonds is 3. The number of fused-ring (bicyclic) bond motifs is 1. The molecule has 2 aliphatic rings. The zero-order chi connectivity index (χ0) is 23.8. The third kappa shape index (κ3) is 5.58. The Labute approximate surface area is 195 Å². The second kappa shape index (κ2) is 11.8. The summed E-state index contributed by atoms with van der Waals surface area (Å²) in [5.74, 6) is 0.0557. The van der Waals surface area contributed by atoms with E-state index in [2.05, 4.69) is 21.9 Å². The molecule has 1 fully saturated rings. The summed E-state index contributed by atoms with van der Waals surface area (Å²) in [6, 6.07) is 7.28. The molecule has 2 aromatic rings. The molecule has 0 unspecified atom stereocenters. The number of aromatic nitrogens is 1. The lowest BCUT2D eigenvalue weighted by molar-refractivity contribution is 0.0617. The van der Waals surface area contributed by atoms with Crippen molar-refractivity contribution in [1.82, 2.24) is 14.8 Å². The molecular weight excluding hydrogens is 426 g/mol. The number of nitrogens with two attached hydrogens (primary N) is 1. The Bertz CT molecular complexity index is 1010. The van der Waals surface area contributed by atoms with Gasteiger partial charge in [-0.25, -0.2) is 4.99 Å². The van der Waals surface area contributed by atoms with Crippen LogP contribution >= 0.6 is 11.6 Å². The minimum atomic E-state index is -0.403. The first kappa shape index (κ1) is 25.6. The molecule has 0 atom stereocenters. The number of carbonyl (C=O) groups excluding carboxylic acids is 1. The molecule has 0 saturated carbocycles. The third-order valence-electron chi connectivity index (χ3n) is 5.47. The summed E-state index contributed by atoms with van der Waals surface area (Å²) in [7, 11) is 2.11. The standard InChI is InChI=1S/C20H22ClN5O2.2C2H6/c1-25-8-5-14(6-9-25)26-11-12-2-3-13(10-15(12)20(26)28)24-18(22)17-16(21)4-7-23-19(17)27;2*1-2/h2-4,7,10,14H,5-6,8-9,11H2,1H3,(H2,22,24)(H,23,27);2*1-2H3. The van der Waals surface area contributed by atoms with E-state index in [0.29, 0.717) is 17.8 Å². The van der Waals surface area contributed by atoms with Gasteiger partial charge in [0.15, 0.2) is 0 Å². The number of amidine groups is 1. The minimum absolute atomic E-state index is 0.0180. The fraction of sp³-hybridized carbons (Fsp3) is 0.458. The van der Waals surface area contributed by atoms with Gasteiger partial charge in [-0.2, -0.15) is 0 Å². The molecule has 0 aliphatic carbocycles. The van der Waals surface area contributed by atoms with Crippen LogP contribution in [0.5, 0.6) is 0 Å². The Balaban J connectivity index is 0.000000860. The summed E-state index contributed by atoms with van der Waals surface area (Å²) >= 11 is 6.08. The van der Waals surface area contributed by atoms with Crippen LogP contribution < -0.4 is 11.3 Å². The number of halogens is 1. The number of amides is 1. The lowest BCUT2D eigenvalue weighted by Gasteiger charge is -2.34. The number of piperidine rings is 1. The number of pyridine rings is 1. The number of hydrogen-bond acceptors (Lipinski definition) is 4. The van der Waals surface area contributed by atoms with E-state index in [1.807, 2.05) is 44.7 Å². The maximum absolute atomic E-state index is 13.0. The van der Waals surface area contributed by atoms with E-state index in [1.165, 1.54) is 6.20 Å². The minimum Gasteiger partial charge on any atom is -0.383 e. The van der Waals surface area contributed by atoms with Crippen LogP contribution in [0.2, 0.25) is 5.02 Å². The van der Waals surface area contributed by atoms with Crippen molar-refractivity contribution >= 4 is 29.0 Å². The Kier molecular flexibility index (Phi) is 9.47. The van der Waals surface area contributed by atoms with E-state index in [4.69, 9.17) is 17.3 Å². The maximum atomic E-state index is 13.0. The van der Waals surface area contributed by atoms with Gasteiger partial charge in [-0.3, -0.25) is 9.59 Å². The van der Waals surface area contributed by atoms with Gasteiger partial charge >= 0.3 is 0 Å². The second-order valence-electron chi connectivity index (χ2n) is 7.34. The average Bonchev–Trinajstić information content (AvgIpc) is 3.13. The number of hydrogen-bond donors (Lipinski definition) is 2. The fourth-order valence-electron chi connectivity index (χ4n) is 3.87. The van der Waals surface area contributed by atoms with Gasteiger partial charge in [-0.05, 0) is 56.7 Å². The lowest BCUT2D eigenvalue weighted by Crippen LogP contribution is -2.43. The Morgan fingerprint density at radius 1 is 1.12 bits per heavy atom. The molecule has 4 rings (SSSR count). The first-order valence-electron chi connectivity index (χ1n) is 11.3. The summed E-state index contributed by atoms with van der Waals surface area (Å²) in [5.41, 5.74) is 7.91. The third-order valence-corrected chi connectivity index (χ3v) is 5.78. The van der Waals surface area contributed by atoms with Crippen LogP contribution in [0.1, 0.15) is 62.0 Å². The molecule has 1 saturated heterocycles. The van der Waals surface area contributed by atoms with Crippen molar-refractivity contribution in [3.05, 3.63) is 62.5 Å². The highest BCUT2D eigenvalue weighted by atomic mass is 35.5. The molecule has 3 N–H and O–H groups in total. The highest BCUT2D eigenvalue weighted by molar-refractivity contribution is 6.34. The summed E-state index contributed by atoms with van der Waals surface area (Å²) in [6.07, 6.45) is 3.43. The van der Waals surface area contributed by atoms with Crippen LogP contribution in [-0.2, 0) is 6.54 Å². The molecule has 3 heterocycles. The Morgan fingerprint density at radius 3 is 2.41 bits per heavy atom. The smallest absolute Gasteiger partial charge is 0.260 e. The Morgan fingerprint density at radius 2 is 1.78 bits per heavy atom. The van der Waals surface area contributed by atoms with Crippen molar-refractivity contribution in [2.75, 3.05) is 20.1 Å². The van der Waals surface area contributed by atoms with Crippen LogP contribution in [-0.4, -0.2) is 52.7 Å². The number of nitrogens with zero attached hydrogens (tertiary/aromatic N) is 3. The lowest BCUT2D eigenvalue weighted by atomic mass is 10.0. The SMILES string of the molecule is CC.CC.CN1CCC(N2Cc3ccc(N=C(N)c4c(Cl)cc[nH]c4=O)cc3C2=O)CC1. The number of likely N-dealkylation sites (tertiary alicyclic amines) is 1. The summed E-state index contributed by atoms with van der Waals surface area (Å²) in [6.45, 7) is 10.6. The van der Waals surface area contributed by atoms with E-state index >= 15 is 0 Å². The van der Waals surface area contributed by atoms with Crippen molar-refractivity contribution in [2.24, 2.45) is 10.7 Å². The van der Waals surface area contributed by atoms with Crippen LogP contribution in [0.3, 0.4) is 0 Å². The highest BCUT2D eigenvalue weighted by Gasteiger charge is 2.34. The molecule has 1 aromatic carbocycles. The van der Waals surface area contributed by atoms with E-state index < -0.39 is 5.56 Å². The zero-order valence-corrected chi connectivity index (χ0v) is 20.4. The number of aromatic amines is 1. The van der Waals surface area contributed by atoms with Crippen LogP contribution in [0, 0.1) is 0 Å². The van der Waals surface area contributed by atoms with Gasteiger partial charge < -0.3 is 20.5 Å². The molecule has 32 heavy (non-hydrogen) atoms. The van der Waals surface area contributed by atoms with E-state index in [-0.39, 0.29) is 28.4 Å². The van der Waals surface area contributed by atoms with Gasteiger partial charge in [0.05, 0.1) is 10.7 Å². The normalized spacial score (nSPS) is 16.6. The molecule has 2 aliphatic heterocycles. The van der Waals surface area contributed by atoms with Gasteiger partial charge in [0, 0.05) is 24.3 Å². The number of aliphatic imine (C=N–C) groups is 1. The molecule has 0 radical (unpaired) electrons. The van der Waals surface area contributed by atoms with Crippen LogP contribution in [0.25, 0.3) is 0 Å². The van der Waals surface area contributed by atoms with Crippen molar-refractivity contribution in [3.63, 3.8) is 0 Å². The van der Waals surface area contributed by atoms with E-state index in [0.717, 1.165) is 31.5 Å². The van der Waals surface area contributed by atoms with Crippen molar-refractivity contribution in [2.45, 2.75) is 53.1 Å². The second-order valence-corrected chi connectivity index (χ2v) is 7.74. The molecule has 7 nitrogen and oxygen atoms in total. The van der Waals surface area contributed by atoms with Crippen LogP contribution in [0.4, 0.5) is 5.69 Å². The Hall–Kier alpha value is -2.64. The monoisotopic (exact) mass is 459 g/mol. The van der Waals surface area contributed by atoms with Crippen molar-refractivity contribution in [3.8, 4) is 0 Å². The van der Waals surface area contributed by atoms with Gasteiger partial charge in [-0.15, -0.1) is 0 Å².